The van der Waals surface area contributed by atoms with Crippen LogP contribution < -0.4 is 5.32 Å². The molecule has 90 valence electrons. The summed E-state index contributed by atoms with van der Waals surface area (Å²) < 4.78 is 14.9. The van der Waals surface area contributed by atoms with E-state index in [2.05, 4.69) is 10.3 Å². The number of carbonyl (C=O) groups excluding carboxylic acids is 1. The number of oxazole rings is 1. The number of nitrogens with one attached hydrogen (secondary N) is 1. The minimum atomic E-state index is -0.565. The van der Waals surface area contributed by atoms with Crippen LogP contribution in [0.2, 0.25) is 0 Å². The lowest BCUT2D eigenvalue weighted by Gasteiger charge is -2.18. The fourth-order valence-electron chi connectivity index (χ4n) is 0.966. The van der Waals surface area contributed by atoms with Gasteiger partial charge < -0.3 is 13.9 Å². The normalized spacial score (nSPS) is 11.2. The lowest BCUT2D eigenvalue weighted by molar-refractivity contribution is 0.0635. The number of ether oxygens (including phenoxy) is 2. The van der Waals surface area contributed by atoms with Crippen LogP contribution in [0, 0.1) is 0 Å². The van der Waals surface area contributed by atoms with E-state index in [1.165, 1.54) is 13.4 Å². The van der Waals surface area contributed by atoms with Crippen molar-refractivity contribution >= 4 is 11.9 Å². The zero-order valence-electron chi connectivity index (χ0n) is 9.86. The van der Waals surface area contributed by atoms with Crippen LogP contribution in [0.25, 0.3) is 0 Å². The lowest BCUT2D eigenvalue weighted by atomic mass is 10.2. The van der Waals surface area contributed by atoms with E-state index in [0.29, 0.717) is 11.7 Å². The van der Waals surface area contributed by atoms with Crippen LogP contribution in [0.3, 0.4) is 0 Å². The van der Waals surface area contributed by atoms with E-state index >= 15 is 0 Å². The Labute approximate surface area is 93.9 Å². The Bertz CT molecular complexity index is 354. The summed E-state index contributed by atoms with van der Waals surface area (Å²) >= 11 is 0. The quantitative estimate of drug-likeness (QED) is 0.858. The highest BCUT2D eigenvalue weighted by Gasteiger charge is 2.17. The van der Waals surface area contributed by atoms with Gasteiger partial charge in [-0.3, -0.25) is 5.32 Å². The Kier molecular flexibility index (Phi) is 3.89. The molecule has 0 unspecified atom stereocenters. The molecule has 1 aromatic rings. The van der Waals surface area contributed by atoms with Gasteiger partial charge in [0.1, 0.15) is 18.5 Å². The molecule has 0 saturated carbocycles. The minimum Gasteiger partial charge on any atom is -0.444 e. The molecule has 0 atom stereocenters. The molecule has 0 bridgehead atoms. The van der Waals surface area contributed by atoms with E-state index < -0.39 is 11.7 Å². The number of methoxy groups -OCH3 is 1. The molecule has 0 aliphatic rings. The number of hydrogen-bond acceptors (Lipinski definition) is 5. The third-order valence-corrected chi connectivity index (χ3v) is 1.45. The van der Waals surface area contributed by atoms with Crippen LogP contribution in [0.4, 0.5) is 10.6 Å². The van der Waals surface area contributed by atoms with Gasteiger partial charge in [-0.25, -0.2) is 4.79 Å². The number of carbonyl (C=O) groups is 1. The number of rotatable bonds is 3. The van der Waals surface area contributed by atoms with Crippen LogP contribution in [-0.4, -0.2) is 23.8 Å². The third-order valence-electron chi connectivity index (χ3n) is 1.45. The second-order valence-electron chi connectivity index (χ2n) is 4.19. The average molecular weight is 228 g/mol. The molecule has 0 fully saturated rings. The largest absolute Gasteiger partial charge is 0.444 e. The first-order chi connectivity index (χ1) is 7.40. The third kappa shape index (κ3) is 4.31. The molecule has 1 heterocycles. The molecule has 0 aliphatic carbocycles. The Morgan fingerprint density at radius 3 is 2.81 bits per heavy atom. The fraction of sp³-hybridized carbons (Fsp3) is 0.600. The van der Waals surface area contributed by atoms with Crippen molar-refractivity contribution in [2.24, 2.45) is 0 Å². The molecule has 16 heavy (non-hydrogen) atoms. The maximum atomic E-state index is 11.3. The molecule has 0 saturated heterocycles. The minimum absolute atomic E-state index is 0.260. The second kappa shape index (κ2) is 4.98. The molecule has 6 nitrogen and oxygen atoms in total. The van der Waals surface area contributed by atoms with Gasteiger partial charge in [-0.15, -0.1) is 0 Å². The van der Waals surface area contributed by atoms with E-state index in [1.54, 1.807) is 20.8 Å². The molecule has 0 aliphatic heterocycles. The van der Waals surface area contributed by atoms with Gasteiger partial charge in [0, 0.05) is 7.11 Å². The molecular weight excluding hydrogens is 212 g/mol. The zero-order valence-corrected chi connectivity index (χ0v) is 9.86. The first kappa shape index (κ1) is 12.5. The van der Waals surface area contributed by atoms with Crippen molar-refractivity contribution in [2.75, 3.05) is 12.4 Å². The topological polar surface area (TPSA) is 73.6 Å². The fourth-order valence-corrected chi connectivity index (χ4v) is 0.966. The van der Waals surface area contributed by atoms with E-state index in [1.807, 2.05) is 0 Å². The van der Waals surface area contributed by atoms with Gasteiger partial charge in [0.2, 0.25) is 5.89 Å². The van der Waals surface area contributed by atoms with Gasteiger partial charge in [-0.1, -0.05) is 0 Å². The summed E-state index contributed by atoms with van der Waals surface area (Å²) in [4.78, 5) is 15.3. The van der Waals surface area contributed by atoms with Gasteiger partial charge in [0.25, 0.3) is 0 Å². The monoisotopic (exact) mass is 228 g/mol. The van der Waals surface area contributed by atoms with Gasteiger partial charge in [-0.05, 0) is 20.8 Å². The zero-order chi connectivity index (χ0) is 12.2. The van der Waals surface area contributed by atoms with Crippen molar-refractivity contribution < 1.29 is 18.7 Å². The van der Waals surface area contributed by atoms with Gasteiger partial charge in [0.05, 0.1) is 0 Å². The highest BCUT2D eigenvalue weighted by molar-refractivity contribution is 5.83. The van der Waals surface area contributed by atoms with Crippen molar-refractivity contribution in [3.63, 3.8) is 0 Å². The van der Waals surface area contributed by atoms with Crippen molar-refractivity contribution in [3.05, 3.63) is 12.2 Å². The van der Waals surface area contributed by atoms with Crippen LogP contribution >= 0.6 is 0 Å². The Morgan fingerprint density at radius 2 is 2.25 bits per heavy atom. The summed E-state index contributed by atoms with van der Waals surface area (Å²) in [5, 5.41) is 2.46. The first-order valence-electron chi connectivity index (χ1n) is 4.84. The summed E-state index contributed by atoms with van der Waals surface area (Å²) in [7, 11) is 1.53. The summed E-state index contributed by atoms with van der Waals surface area (Å²) in [6.45, 7) is 5.61. The van der Waals surface area contributed by atoms with E-state index in [-0.39, 0.29) is 6.61 Å². The predicted molar refractivity (Wildman–Crippen MR) is 57.1 cm³/mol. The average Bonchev–Trinajstić information content (AvgIpc) is 2.49. The van der Waals surface area contributed by atoms with Crippen LogP contribution in [0.1, 0.15) is 26.7 Å². The number of hydrogen-bond donors (Lipinski definition) is 1. The molecular formula is C10H16N2O4. The summed E-state index contributed by atoms with van der Waals surface area (Å²) in [5.74, 6) is 0.704. The van der Waals surface area contributed by atoms with Gasteiger partial charge in [-0.2, -0.15) is 4.98 Å². The molecule has 1 N–H and O–H groups in total. The number of aromatic nitrogens is 1. The smallest absolute Gasteiger partial charge is 0.413 e. The lowest BCUT2D eigenvalue weighted by Crippen LogP contribution is -2.27. The number of anilines is 1. The van der Waals surface area contributed by atoms with Crippen LogP contribution in [0.15, 0.2) is 10.7 Å². The standard InChI is InChI=1S/C10H16N2O4/c1-10(2,3)16-9(13)12-7-5-15-8(11-7)6-14-4/h5H,6H2,1-4H3,(H,12,13). The molecule has 0 spiro atoms. The summed E-state index contributed by atoms with van der Waals surface area (Å²) in [6, 6.07) is 0. The second-order valence-corrected chi connectivity index (χ2v) is 4.19. The SMILES string of the molecule is COCc1nc(NC(=O)OC(C)(C)C)co1. The maximum absolute atomic E-state index is 11.3. The van der Waals surface area contributed by atoms with Crippen LogP contribution in [0.5, 0.6) is 0 Å². The predicted octanol–water partition coefficient (Wildman–Crippen LogP) is 2.17. The molecule has 6 heteroatoms. The van der Waals surface area contributed by atoms with Gasteiger partial charge in [0.15, 0.2) is 5.82 Å². The molecule has 1 amide bonds. The number of nitrogens with zero attached hydrogens (tertiary/aromatic N) is 1. The van der Waals surface area contributed by atoms with E-state index in [4.69, 9.17) is 13.9 Å². The highest BCUT2D eigenvalue weighted by Crippen LogP contribution is 2.11. The van der Waals surface area contributed by atoms with Crippen molar-refractivity contribution in [2.45, 2.75) is 33.0 Å². The van der Waals surface area contributed by atoms with Crippen molar-refractivity contribution in [1.82, 2.24) is 4.98 Å². The van der Waals surface area contributed by atoms with E-state index in [0.717, 1.165) is 0 Å². The van der Waals surface area contributed by atoms with Crippen molar-refractivity contribution in [1.29, 1.82) is 0 Å². The molecule has 0 aromatic carbocycles. The Hall–Kier alpha value is -1.56. The van der Waals surface area contributed by atoms with Crippen molar-refractivity contribution in [3.8, 4) is 0 Å². The van der Waals surface area contributed by atoms with E-state index in [9.17, 15) is 4.79 Å². The Balaban J connectivity index is 2.50. The summed E-state index contributed by atoms with van der Waals surface area (Å²) in [5.41, 5.74) is -0.539. The first-order valence-corrected chi connectivity index (χ1v) is 4.84. The van der Waals surface area contributed by atoms with Crippen LogP contribution in [-0.2, 0) is 16.1 Å². The Morgan fingerprint density at radius 1 is 1.56 bits per heavy atom. The highest BCUT2D eigenvalue weighted by atomic mass is 16.6. The van der Waals surface area contributed by atoms with Gasteiger partial charge >= 0.3 is 6.09 Å². The molecule has 0 radical (unpaired) electrons. The maximum Gasteiger partial charge on any atom is 0.413 e. The molecule has 1 rings (SSSR count). The number of amides is 1. The molecule has 1 aromatic heterocycles. The summed E-state index contributed by atoms with van der Waals surface area (Å²) in [6.07, 6.45) is 0.767.